The lowest BCUT2D eigenvalue weighted by Crippen LogP contribution is -3.13. The summed E-state index contributed by atoms with van der Waals surface area (Å²) in [6.45, 7) is 8.75. The van der Waals surface area contributed by atoms with Crippen LogP contribution in [0.3, 0.4) is 0 Å². The molecule has 2 N–H and O–H groups in total. The summed E-state index contributed by atoms with van der Waals surface area (Å²) in [7, 11) is 0. The number of hydrogen-bond acceptors (Lipinski definition) is 3. The molecule has 1 aliphatic rings. The molecule has 0 aliphatic carbocycles. The van der Waals surface area contributed by atoms with Gasteiger partial charge in [0.15, 0.2) is 0 Å². The molecule has 0 aromatic heterocycles. The van der Waals surface area contributed by atoms with Gasteiger partial charge in [-0.3, -0.25) is 4.79 Å². The molecule has 0 bridgehead atoms. The SMILES string of the molecule is CC(C)(C)OC(=O)NCCCC(=O)N1CC[NH+](Cc2cccc(C(F)(F)F)c2)CC1. The van der Waals surface area contributed by atoms with Crippen LogP contribution in [0.2, 0.25) is 0 Å². The zero-order chi connectivity index (χ0) is 22.4. The van der Waals surface area contributed by atoms with E-state index in [1.54, 1.807) is 31.7 Å². The van der Waals surface area contributed by atoms with Crippen LogP contribution in [0, 0.1) is 0 Å². The Hall–Kier alpha value is -2.29. The molecule has 1 aliphatic heterocycles. The highest BCUT2D eigenvalue weighted by Crippen LogP contribution is 2.29. The number of carbonyl (C=O) groups is 2. The van der Waals surface area contributed by atoms with Crippen LogP contribution in [0.15, 0.2) is 24.3 Å². The van der Waals surface area contributed by atoms with Crippen molar-refractivity contribution in [1.82, 2.24) is 10.2 Å². The smallest absolute Gasteiger partial charge is 0.416 e. The number of nitrogens with one attached hydrogen (secondary N) is 2. The second kappa shape index (κ2) is 10.1. The number of alkyl carbamates (subject to hydrolysis) is 1. The van der Waals surface area contributed by atoms with Crippen LogP contribution in [0.1, 0.15) is 44.7 Å². The zero-order valence-corrected chi connectivity index (χ0v) is 17.8. The van der Waals surface area contributed by atoms with Crippen LogP contribution in [-0.2, 0) is 22.3 Å². The van der Waals surface area contributed by atoms with E-state index in [1.165, 1.54) is 12.1 Å². The predicted molar refractivity (Wildman–Crippen MR) is 106 cm³/mol. The van der Waals surface area contributed by atoms with E-state index >= 15 is 0 Å². The molecule has 1 heterocycles. The Morgan fingerprint density at radius 2 is 1.83 bits per heavy atom. The summed E-state index contributed by atoms with van der Waals surface area (Å²) >= 11 is 0. The highest BCUT2D eigenvalue weighted by atomic mass is 19.4. The molecule has 30 heavy (non-hydrogen) atoms. The molecule has 0 saturated carbocycles. The Bertz CT molecular complexity index is 724. The third-order valence-corrected chi connectivity index (χ3v) is 4.77. The molecule has 0 atom stereocenters. The van der Waals surface area contributed by atoms with Gasteiger partial charge in [0.1, 0.15) is 12.1 Å². The van der Waals surface area contributed by atoms with Crippen LogP contribution < -0.4 is 10.2 Å². The fourth-order valence-electron chi connectivity index (χ4n) is 3.30. The Morgan fingerprint density at radius 1 is 1.17 bits per heavy atom. The lowest BCUT2D eigenvalue weighted by Gasteiger charge is -2.32. The van der Waals surface area contributed by atoms with Crippen LogP contribution in [-0.4, -0.2) is 55.2 Å². The molecule has 2 amide bonds. The Balaban J connectivity index is 1.69. The molecular formula is C21H31F3N3O3+. The number of ether oxygens (including phenoxy) is 1. The van der Waals surface area contributed by atoms with E-state index in [-0.39, 0.29) is 5.91 Å². The minimum atomic E-state index is -4.34. The number of carbonyl (C=O) groups excluding carboxylic acids is 2. The fourth-order valence-corrected chi connectivity index (χ4v) is 3.30. The molecule has 1 aromatic carbocycles. The van der Waals surface area contributed by atoms with Crippen LogP contribution in [0.4, 0.5) is 18.0 Å². The lowest BCUT2D eigenvalue weighted by molar-refractivity contribution is -0.917. The van der Waals surface area contributed by atoms with Gasteiger partial charge in [0, 0.05) is 18.5 Å². The van der Waals surface area contributed by atoms with Gasteiger partial charge in [-0.25, -0.2) is 4.79 Å². The maximum absolute atomic E-state index is 12.8. The van der Waals surface area contributed by atoms with E-state index in [0.29, 0.717) is 57.7 Å². The van der Waals surface area contributed by atoms with Crippen LogP contribution in [0.5, 0.6) is 0 Å². The first-order chi connectivity index (χ1) is 13.9. The first-order valence-electron chi connectivity index (χ1n) is 10.2. The predicted octanol–water partition coefficient (Wildman–Crippen LogP) is 2.24. The molecule has 0 radical (unpaired) electrons. The van der Waals surface area contributed by atoms with Gasteiger partial charge in [-0.2, -0.15) is 13.2 Å². The van der Waals surface area contributed by atoms with Crippen LogP contribution in [0.25, 0.3) is 0 Å². The van der Waals surface area contributed by atoms with Crippen molar-refractivity contribution >= 4 is 12.0 Å². The molecule has 0 spiro atoms. The van der Waals surface area contributed by atoms with Crippen molar-refractivity contribution in [1.29, 1.82) is 0 Å². The summed E-state index contributed by atoms with van der Waals surface area (Å²) < 4.78 is 43.7. The highest BCUT2D eigenvalue weighted by Gasteiger charge is 2.31. The molecule has 2 rings (SSSR count). The Labute approximate surface area is 175 Å². The van der Waals surface area contributed by atoms with Crippen molar-refractivity contribution in [3.8, 4) is 0 Å². The fraction of sp³-hybridized carbons (Fsp3) is 0.619. The molecule has 9 heteroatoms. The van der Waals surface area contributed by atoms with E-state index in [1.807, 2.05) is 0 Å². The van der Waals surface area contributed by atoms with E-state index in [2.05, 4.69) is 5.32 Å². The summed E-state index contributed by atoms with van der Waals surface area (Å²) in [6, 6.07) is 5.41. The number of hydrogen-bond donors (Lipinski definition) is 2. The average Bonchev–Trinajstić information content (AvgIpc) is 2.64. The van der Waals surface area contributed by atoms with E-state index in [4.69, 9.17) is 4.74 Å². The molecule has 1 fully saturated rings. The van der Waals surface area contributed by atoms with Gasteiger partial charge < -0.3 is 19.9 Å². The van der Waals surface area contributed by atoms with E-state index < -0.39 is 23.4 Å². The second-order valence-corrected chi connectivity index (χ2v) is 8.54. The van der Waals surface area contributed by atoms with Crippen molar-refractivity contribution in [2.45, 2.75) is 51.9 Å². The minimum absolute atomic E-state index is 0.0270. The number of quaternary nitrogens is 1. The highest BCUT2D eigenvalue weighted by molar-refractivity contribution is 5.76. The molecule has 1 aromatic rings. The number of amides is 2. The van der Waals surface area contributed by atoms with E-state index in [9.17, 15) is 22.8 Å². The van der Waals surface area contributed by atoms with Gasteiger partial charge in [-0.1, -0.05) is 12.1 Å². The number of nitrogens with zero attached hydrogens (tertiary/aromatic N) is 1. The molecular weight excluding hydrogens is 399 g/mol. The van der Waals surface area contributed by atoms with Crippen molar-refractivity contribution in [3.05, 3.63) is 35.4 Å². The zero-order valence-electron chi connectivity index (χ0n) is 17.8. The Kier molecular flexibility index (Phi) is 8.11. The van der Waals surface area contributed by atoms with Crippen molar-refractivity contribution in [2.75, 3.05) is 32.7 Å². The lowest BCUT2D eigenvalue weighted by atomic mass is 10.1. The number of piperazine rings is 1. The first-order valence-corrected chi connectivity index (χ1v) is 10.2. The number of benzene rings is 1. The summed E-state index contributed by atoms with van der Waals surface area (Å²) in [5.41, 5.74) is -0.545. The number of rotatable bonds is 6. The third kappa shape index (κ3) is 8.22. The number of alkyl halides is 3. The van der Waals surface area contributed by atoms with Gasteiger partial charge in [-0.15, -0.1) is 0 Å². The normalized spacial score (nSPS) is 15.7. The standard InChI is InChI=1S/C21H30F3N3O3/c1-20(2,3)30-19(29)25-9-5-8-18(28)27-12-10-26(11-13-27)15-16-6-4-7-17(14-16)21(22,23)24/h4,6-7,14H,5,8-13,15H2,1-3H3,(H,25,29)/p+1. The first kappa shape index (κ1) is 24.0. The largest absolute Gasteiger partial charge is 0.444 e. The molecule has 6 nitrogen and oxygen atoms in total. The van der Waals surface area contributed by atoms with Crippen LogP contribution >= 0.6 is 0 Å². The van der Waals surface area contributed by atoms with Gasteiger partial charge in [0.05, 0.1) is 31.7 Å². The summed E-state index contributed by atoms with van der Waals surface area (Å²) in [4.78, 5) is 26.9. The average molecular weight is 430 g/mol. The summed E-state index contributed by atoms with van der Waals surface area (Å²) in [5.74, 6) is 0.0270. The van der Waals surface area contributed by atoms with Gasteiger partial charge in [0.25, 0.3) is 0 Å². The van der Waals surface area contributed by atoms with Gasteiger partial charge >= 0.3 is 12.3 Å². The quantitative estimate of drug-likeness (QED) is 0.681. The number of halogens is 3. The summed E-state index contributed by atoms with van der Waals surface area (Å²) in [6.07, 6.45) is -3.98. The van der Waals surface area contributed by atoms with Crippen molar-refractivity contribution < 1.29 is 32.4 Å². The maximum atomic E-state index is 12.8. The second-order valence-electron chi connectivity index (χ2n) is 8.54. The molecule has 1 saturated heterocycles. The Morgan fingerprint density at radius 3 is 2.43 bits per heavy atom. The minimum Gasteiger partial charge on any atom is -0.444 e. The van der Waals surface area contributed by atoms with Crippen molar-refractivity contribution in [3.63, 3.8) is 0 Å². The van der Waals surface area contributed by atoms with E-state index in [0.717, 1.165) is 11.0 Å². The van der Waals surface area contributed by atoms with Gasteiger partial charge in [0.2, 0.25) is 5.91 Å². The monoisotopic (exact) mass is 430 g/mol. The molecule has 0 unspecified atom stereocenters. The van der Waals surface area contributed by atoms with Gasteiger partial charge in [-0.05, 0) is 39.3 Å². The molecule has 168 valence electrons. The van der Waals surface area contributed by atoms with Crippen molar-refractivity contribution in [2.24, 2.45) is 0 Å². The topological polar surface area (TPSA) is 63.1 Å². The summed E-state index contributed by atoms with van der Waals surface area (Å²) in [5, 5.41) is 2.63. The third-order valence-electron chi connectivity index (χ3n) is 4.77. The maximum Gasteiger partial charge on any atom is 0.416 e.